The van der Waals surface area contributed by atoms with Crippen LogP contribution in [0, 0.1) is 5.41 Å². The molecular weight excluding hydrogens is 652 g/mol. The minimum Gasteiger partial charge on any atom is -0.355 e. The van der Waals surface area contributed by atoms with Crippen molar-refractivity contribution in [2.45, 2.75) is 50.1 Å². The molecule has 0 saturated heterocycles. The van der Waals surface area contributed by atoms with E-state index in [4.69, 9.17) is 11.6 Å². The number of benzene rings is 2. The van der Waals surface area contributed by atoms with Crippen molar-refractivity contribution in [2.24, 2.45) is 5.41 Å². The van der Waals surface area contributed by atoms with Gasteiger partial charge >= 0.3 is 12.4 Å². The van der Waals surface area contributed by atoms with Crippen molar-refractivity contribution in [1.82, 2.24) is 20.3 Å². The second-order valence-electron chi connectivity index (χ2n) is 11.6. The fraction of sp³-hybridized carbons (Fsp3) is 0.323. The van der Waals surface area contributed by atoms with Crippen molar-refractivity contribution in [3.63, 3.8) is 0 Å². The molecule has 0 bridgehead atoms. The van der Waals surface area contributed by atoms with Gasteiger partial charge in [0.1, 0.15) is 16.5 Å². The van der Waals surface area contributed by atoms with E-state index in [-0.39, 0.29) is 66.6 Å². The summed E-state index contributed by atoms with van der Waals surface area (Å²) in [6.45, 7) is 0.0956. The standard InChI is InChI=1S/C31H26ClF6N7O2/c1-39-25(46)18-12-16(13-19(32)14-18)15-40-27-43-22-7-6-21(42-23(22)24(44-27)45-29(10-11-29)31(36,37)38)17-2-4-20(5-3-17)41-26(47)28(8-9-28)30(33,34)35/h2-7,12-14H,8-11,15H2,1H3,(H,39,46)(H,41,47)(H2,40,43,44,45). The third kappa shape index (κ3) is 6.35. The number of anilines is 3. The highest BCUT2D eigenvalue weighted by atomic mass is 35.5. The summed E-state index contributed by atoms with van der Waals surface area (Å²) >= 11 is 6.17. The molecule has 16 heteroatoms. The van der Waals surface area contributed by atoms with Crippen LogP contribution in [-0.4, -0.2) is 51.7 Å². The molecule has 2 amide bonds. The largest absolute Gasteiger partial charge is 0.411 e. The molecule has 2 heterocycles. The van der Waals surface area contributed by atoms with E-state index in [1.54, 1.807) is 24.3 Å². The number of nitrogens with one attached hydrogen (secondary N) is 4. The molecule has 0 aliphatic heterocycles. The lowest BCUT2D eigenvalue weighted by Crippen LogP contribution is -2.39. The number of carbonyl (C=O) groups excluding carboxylic acids is 2. The Balaban J connectivity index is 1.28. The first kappa shape index (κ1) is 32.3. The van der Waals surface area contributed by atoms with Crippen LogP contribution in [0.15, 0.2) is 54.6 Å². The number of carbonyl (C=O) groups is 2. The Kier molecular flexibility index (Phi) is 7.93. The summed E-state index contributed by atoms with van der Waals surface area (Å²) in [6.07, 6.45) is -10.1. The molecule has 2 saturated carbocycles. The van der Waals surface area contributed by atoms with E-state index in [2.05, 4.69) is 36.2 Å². The molecular formula is C31H26ClF6N7O2. The van der Waals surface area contributed by atoms with Gasteiger partial charge < -0.3 is 21.3 Å². The zero-order valence-electron chi connectivity index (χ0n) is 24.5. The van der Waals surface area contributed by atoms with Crippen LogP contribution in [-0.2, 0) is 11.3 Å². The first-order chi connectivity index (χ1) is 22.1. The zero-order valence-corrected chi connectivity index (χ0v) is 25.3. The van der Waals surface area contributed by atoms with Gasteiger partial charge in [0.15, 0.2) is 5.82 Å². The maximum atomic E-state index is 14.0. The highest BCUT2D eigenvalue weighted by Gasteiger charge is 2.68. The summed E-state index contributed by atoms with van der Waals surface area (Å²) in [7, 11) is 1.48. The Labute approximate surface area is 268 Å². The van der Waals surface area contributed by atoms with Gasteiger partial charge in [-0.15, -0.1) is 0 Å². The molecule has 0 radical (unpaired) electrons. The minimum absolute atomic E-state index is 0.00128. The third-order valence-electron chi connectivity index (χ3n) is 8.26. The molecule has 0 unspecified atom stereocenters. The molecule has 47 heavy (non-hydrogen) atoms. The van der Waals surface area contributed by atoms with Crippen LogP contribution in [0.1, 0.15) is 41.6 Å². The number of hydrogen-bond donors (Lipinski definition) is 4. The van der Waals surface area contributed by atoms with Gasteiger partial charge in [-0.25, -0.2) is 9.97 Å². The third-order valence-corrected chi connectivity index (χ3v) is 8.47. The number of fused-ring (bicyclic) bond motifs is 1. The van der Waals surface area contributed by atoms with Crippen molar-refractivity contribution in [1.29, 1.82) is 0 Å². The summed E-state index contributed by atoms with van der Waals surface area (Å²) in [5.74, 6) is -1.63. The van der Waals surface area contributed by atoms with E-state index >= 15 is 0 Å². The lowest BCUT2D eigenvalue weighted by Gasteiger charge is -2.22. The van der Waals surface area contributed by atoms with Gasteiger partial charge in [-0.3, -0.25) is 9.59 Å². The van der Waals surface area contributed by atoms with Crippen LogP contribution < -0.4 is 21.3 Å². The van der Waals surface area contributed by atoms with Gasteiger partial charge in [-0.2, -0.15) is 31.3 Å². The number of alkyl halides is 6. The Bertz CT molecular complexity index is 1870. The van der Waals surface area contributed by atoms with Crippen LogP contribution in [0.3, 0.4) is 0 Å². The summed E-state index contributed by atoms with van der Waals surface area (Å²) in [4.78, 5) is 37.7. The minimum atomic E-state index is -4.65. The van der Waals surface area contributed by atoms with Gasteiger partial charge in [0.05, 0.1) is 11.2 Å². The normalized spacial score (nSPS) is 16.3. The molecule has 0 atom stereocenters. The average Bonchev–Trinajstić information content (AvgIpc) is 3.94. The maximum Gasteiger partial charge on any atom is 0.411 e. The summed E-state index contributed by atoms with van der Waals surface area (Å²) in [6, 6.07) is 13.7. The molecule has 2 aliphatic rings. The number of rotatable bonds is 9. The predicted molar refractivity (Wildman–Crippen MR) is 163 cm³/mol. The van der Waals surface area contributed by atoms with Crippen LogP contribution in [0.4, 0.5) is 43.8 Å². The van der Waals surface area contributed by atoms with Crippen LogP contribution in [0.25, 0.3) is 22.3 Å². The Morgan fingerprint density at radius 2 is 1.57 bits per heavy atom. The highest BCUT2D eigenvalue weighted by Crippen LogP contribution is 2.58. The maximum absolute atomic E-state index is 14.0. The number of halogens is 7. The predicted octanol–water partition coefficient (Wildman–Crippen LogP) is 7.10. The van der Waals surface area contributed by atoms with Gasteiger partial charge in [0.2, 0.25) is 11.9 Å². The number of hydrogen-bond acceptors (Lipinski definition) is 7. The first-order valence-electron chi connectivity index (χ1n) is 14.4. The van der Waals surface area contributed by atoms with E-state index in [9.17, 15) is 35.9 Å². The van der Waals surface area contributed by atoms with Gasteiger partial charge in [-0.1, -0.05) is 23.7 Å². The van der Waals surface area contributed by atoms with Gasteiger partial charge in [-0.05, 0) is 73.7 Å². The summed E-state index contributed by atoms with van der Waals surface area (Å²) < 4.78 is 81.8. The molecule has 2 aromatic heterocycles. The summed E-state index contributed by atoms with van der Waals surface area (Å²) in [5.41, 5.74) is -2.37. The number of nitrogens with zero attached hydrogens (tertiary/aromatic N) is 3. The fourth-order valence-corrected chi connectivity index (χ4v) is 5.38. The van der Waals surface area contributed by atoms with Crippen LogP contribution in [0.5, 0.6) is 0 Å². The number of pyridine rings is 1. The van der Waals surface area contributed by atoms with Crippen molar-refractivity contribution >= 4 is 51.9 Å². The van der Waals surface area contributed by atoms with E-state index in [0.717, 1.165) is 0 Å². The molecule has 2 aliphatic carbocycles. The molecule has 246 valence electrons. The summed E-state index contributed by atoms with van der Waals surface area (Å²) in [5, 5.41) is 10.6. The molecule has 4 aromatic rings. The number of aromatic nitrogens is 3. The second-order valence-corrected chi connectivity index (χ2v) is 12.0. The average molecular weight is 678 g/mol. The van der Waals surface area contributed by atoms with Crippen molar-refractivity contribution in [3.05, 3.63) is 70.7 Å². The number of amides is 2. The molecule has 2 fully saturated rings. The molecule has 6 rings (SSSR count). The lowest BCUT2D eigenvalue weighted by atomic mass is 10.1. The van der Waals surface area contributed by atoms with Gasteiger partial charge in [0.25, 0.3) is 5.91 Å². The van der Waals surface area contributed by atoms with E-state index in [1.807, 2.05) is 0 Å². The second kappa shape index (κ2) is 11.5. The molecule has 4 N–H and O–H groups in total. The Morgan fingerprint density at radius 3 is 2.17 bits per heavy atom. The molecule has 2 aromatic carbocycles. The zero-order chi connectivity index (χ0) is 33.8. The van der Waals surface area contributed by atoms with Crippen molar-refractivity contribution < 1.29 is 35.9 Å². The quantitative estimate of drug-likeness (QED) is 0.139. The van der Waals surface area contributed by atoms with Crippen LogP contribution in [0.2, 0.25) is 5.02 Å². The van der Waals surface area contributed by atoms with E-state index in [1.165, 1.54) is 37.4 Å². The lowest BCUT2D eigenvalue weighted by molar-refractivity contribution is -0.189. The Hall–Kier alpha value is -4.66. The van der Waals surface area contributed by atoms with Crippen molar-refractivity contribution in [2.75, 3.05) is 23.0 Å². The Morgan fingerprint density at radius 1 is 0.872 bits per heavy atom. The smallest absolute Gasteiger partial charge is 0.355 e. The van der Waals surface area contributed by atoms with Gasteiger partial charge in [0, 0.05) is 35.4 Å². The first-order valence-corrected chi connectivity index (χ1v) is 14.8. The molecule has 9 nitrogen and oxygen atoms in total. The van der Waals surface area contributed by atoms with Crippen LogP contribution >= 0.6 is 11.6 Å². The SMILES string of the molecule is CNC(=O)c1cc(Cl)cc(CNc2nc(NC3(C(F)(F)F)CC3)c3nc(-c4ccc(NC(=O)C5(C(F)(F)F)CC5)cc4)ccc3n2)c1. The van der Waals surface area contributed by atoms with Crippen molar-refractivity contribution in [3.8, 4) is 11.3 Å². The monoisotopic (exact) mass is 677 g/mol. The fourth-order valence-electron chi connectivity index (χ4n) is 5.12. The topological polar surface area (TPSA) is 121 Å². The molecule has 0 spiro atoms. The van der Waals surface area contributed by atoms with E-state index in [0.29, 0.717) is 27.4 Å². The van der Waals surface area contributed by atoms with E-state index < -0.39 is 29.2 Å². The highest BCUT2D eigenvalue weighted by molar-refractivity contribution is 6.31.